The lowest BCUT2D eigenvalue weighted by atomic mass is 10.0. The van der Waals surface area contributed by atoms with Gasteiger partial charge < -0.3 is 5.32 Å². The molecule has 0 unspecified atom stereocenters. The monoisotopic (exact) mass is 493 g/mol. The quantitative estimate of drug-likeness (QED) is 0.432. The number of alkyl halides is 3. The Kier molecular flexibility index (Phi) is 5.63. The first-order chi connectivity index (χ1) is 17.3. The normalized spacial score (nSPS) is 20.8. The third-order valence-corrected chi connectivity index (χ3v) is 7.29. The number of pyridine rings is 1. The van der Waals surface area contributed by atoms with Crippen LogP contribution in [0.15, 0.2) is 54.9 Å². The molecule has 1 saturated carbocycles. The van der Waals surface area contributed by atoms with Crippen molar-refractivity contribution in [2.45, 2.75) is 31.6 Å². The molecule has 2 aliphatic rings. The van der Waals surface area contributed by atoms with E-state index < -0.39 is 11.7 Å². The highest BCUT2D eigenvalue weighted by Gasteiger charge is 2.42. The van der Waals surface area contributed by atoms with E-state index in [9.17, 15) is 13.2 Å². The molecule has 1 aliphatic heterocycles. The van der Waals surface area contributed by atoms with Crippen LogP contribution >= 0.6 is 0 Å². The molecular weight excluding hydrogens is 467 g/mol. The van der Waals surface area contributed by atoms with Crippen molar-refractivity contribution in [2.24, 2.45) is 18.9 Å². The Balaban J connectivity index is 1.17. The van der Waals surface area contributed by atoms with Crippen LogP contribution in [0.2, 0.25) is 0 Å². The molecule has 186 valence electrons. The predicted molar refractivity (Wildman–Crippen MR) is 130 cm³/mol. The number of aromatic nitrogens is 5. The maximum atomic E-state index is 14.0. The Bertz CT molecular complexity index is 1370. The van der Waals surface area contributed by atoms with Crippen molar-refractivity contribution in [3.8, 4) is 11.3 Å². The lowest BCUT2D eigenvalue weighted by molar-refractivity contribution is -0.137. The molecule has 36 heavy (non-hydrogen) atoms. The van der Waals surface area contributed by atoms with Gasteiger partial charge in [-0.1, -0.05) is 12.1 Å². The molecule has 1 aliphatic carbocycles. The molecule has 4 aromatic rings. The van der Waals surface area contributed by atoms with Crippen molar-refractivity contribution >= 4 is 16.7 Å². The number of nitrogens with one attached hydrogen (secondary N) is 1. The Morgan fingerprint density at radius 2 is 1.83 bits per heavy atom. The summed E-state index contributed by atoms with van der Waals surface area (Å²) in [6, 6.07) is 12.2. The van der Waals surface area contributed by atoms with Gasteiger partial charge in [-0.25, -0.2) is 0 Å². The summed E-state index contributed by atoms with van der Waals surface area (Å²) >= 11 is 0. The lowest BCUT2D eigenvalue weighted by Gasteiger charge is -2.21. The summed E-state index contributed by atoms with van der Waals surface area (Å²) < 4.78 is 43.8. The lowest BCUT2D eigenvalue weighted by Crippen LogP contribution is -2.26. The second-order valence-electron chi connectivity index (χ2n) is 9.91. The van der Waals surface area contributed by atoms with Crippen LogP contribution in [0.3, 0.4) is 0 Å². The Hall–Kier alpha value is -3.53. The molecule has 1 aromatic carbocycles. The maximum Gasteiger partial charge on any atom is 0.420 e. The summed E-state index contributed by atoms with van der Waals surface area (Å²) in [5.41, 5.74) is 1.79. The number of nitrogens with zero attached hydrogens (tertiary/aromatic N) is 6. The average Bonchev–Trinajstić information content (AvgIpc) is 3.50. The summed E-state index contributed by atoms with van der Waals surface area (Å²) in [4.78, 5) is 6.80. The molecule has 0 spiro atoms. The van der Waals surface area contributed by atoms with Crippen LogP contribution in [0, 0.1) is 11.8 Å². The minimum atomic E-state index is -4.54. The fraction of sp³-hybridized carbons (Fsp3) is 0.385. The molecule has 4 heterocycles. The first-order valence-electron chi connectivity index (χ1n) is 12.1. The Morgan fingerprint density at radius 1 is 1.03 bits per heavy atom. The molecule has 2 atom stereocenters. The number of hydrogen-bond acceptors (Lipinski definition) is 6. The minimum Gasteiger partial charge on any atom is -0.365 e. The van der Waals surface area contributed by atoms with Crippen LogP contribution < -0.4 is 5.32 Å². The van der Waals surface area contributed by atoms with Crippen LogP contribution in [0.4, 0.5) is 19.0 Å². The fourth-order valence-corrected chi connectivity index (χ4v) is 5.72. The summed E-state index contributed by atoms with van der Waals surface area (Å²) in [5, 5.41) is 16.4. The van der Waals surface area contributed by atoms with Gasteiger partial charge in [-0.15, -0.1) is 10.2 Å². The largest absolute Gasteiger partial charge is 0.420 e. The third kappa shape index (κ3) is 4.53. The highest BCUT2D eigenvalue weighted by molar-refractivity contribution is 5.83. The number of fused-ring (bicyclic) bond motifs is 2. The number of halogens is 3. The van der Waals surface area contributed by atoms with Gasteiger partial charge in [-0.2, -0.15) is 18.3 Å². The molecule has 1 N–H and O–H groups in total. The zero-order chi connectivity index (χ0) is 24.9. The van der Waals surface area contributed by atoms with Gasteiger partial charge in [-0.3, -0.25) is 14.6 Å². The van der Waals surface area contributed by atoms with Gasteiger partial charge in [0.2, 0.25) is 0 Å². The topological polar surface area (TPSA) is 71.8 Å². The van der Waals surface area contributed by atoms with Crippen molar-refractivity contribution in [2.75, 3.05) is 18.4 Å². The van der Waals surface area contributed by atoms with Crippen molar-refractivity contribution < 1.29 is 13.2 Å². The van der Waals surface area contributed by atoms with E-state index in [1.165, 1.54) is 0 Å². The number of likely N-dealkylation sites (tertiary alicyclic amines) is 1. The molecule has 1 saturated heterocycles. The highest BCUT2D eigenvalue weighted by Crippen LogP contribution is 2.41. The molecule has 0 amide bonds. The number of hydrogen-bond donors (Lipinski definition) is 1. The molecule has 0 radical (unpaired) electrons. The molecule has 3 aromatic heterocycles. The zero-order valence-corrected chi connectivity index (χ0v) is 19.8. The molecule has 10 heteroatoms. The molecule has 2 fully saturated rings. The van der Waals surface area contributed by atoms with Gasteiger partial charge in [0.1, 0.15) is 5.56 Å². The van der Waals surface area contributed by atoms with Crippen molar-refractivity contribution in [3.05, 3.63) is 66.1 Å². The Labute approximate surface area is 206 Å². The van der Waals surface area contributed by atoms with Crippen LogP contribution in [0.1, 0.15) is 24.1 Å². The Morgan fingerprint density at radius 3 is 2.56 bits per heavy atom. The van der Waals surface area contributed by atoms with Gasteiger partial charge in [0.25, 0.3) is 0 Å². The van der Waals surface area contributed by atoms with Crippen molar-refractivity contribution in [3.63, 3.8) is 0 Å². The molecule has 0 bridgehead atoms. The van der Waals surface area contributed by atoms with Gasteiger partial charge >= 0.3 is 6.18 Å². The first kappa shape index (κ1) is 22.9. The first-order valence-corrected chi connectivity index (χ1v) is 12.1. The van der Waals surface area contributed by atoms with Crippen LogP contribution in [0.25, 0.3) is 22.2 Å². The third-order valence-electron chi connectivity index (χ3n) is 7.29. The van der Waals surface area contributed by atoms with Crippen molar-refractivity contribution in [1.29, 1.82) is 0 Å². The van der Waals surface area contributed by atoms with Crippen LogP contribution in [0.5, 0.6) is 0 Å². The smallest absolute Gasteiger partial charge is 0.365 e. The van der Waals surface area contributed by atoms with E-state index in [1.807, 2.05) is 24.4 Å². The number of aryl methyl sites for hydroxylation is 1. The van der Waals surface area contributed by atoms with Gasteiger partial charge in [0.05, 0.1) is 16.9 Å². The van der Waals surface area contributed by atoms with Crippen LogP contribution in [-0.2, 0) is 19.8 Å². The molecular formula is C26H26F3N7. The molecule has 6 rings (SSSR count). The summed E-state index contributed by atoms with van der Waals surface area (Å²) in [5.74, 6) is 0.724. The second-order valence-corrected chi connectivity index (χ2v) is 9.91. The fourth-order valence-electron chi connectivity index (χ4n) is 5.72. The summed E-state index contributed by atoms with van der Waals surface area (Å²) in [6.45, 7) is 2.68. The summed E-state index contributed by atoms with van der Waals surface area (Å²) in [7, 11) is 1.80. The van der Waals surface area contributed by atoms with E-state index in [2.05, 4.69) is 30.5 Å². The number of anilines is 1. The van der Waals surface area contributed by atoms with Crippen molar-refractivity contribution in [1.82, 2.24) is 29.9 Å². The van der Waals surface area contributed by atoms with E-state index in [4.69, 9.17) is 0 Å². The predicted octanol–water partition coefficient (Wildman–Crippen LogP) is 4.77. The van der Waals surface area contributed by atoms with E-state index in [0.717, 1.165) is 55.1 Å². The average molecular weight is 494 g/mol. The van der Waals surface area contributed by atoms with E-state index >= 15 is 0 Å². The highest BCUT2D eigenvalue weighted by atomic mass is 19.4. The maximum absolute atomic E-state index is 14.0. The minimum absolute atomic E-state index is 0.0509. The summed E-state index contributed by atoms with van der Waals surface area (Å²) in [6.07, 6.45) is 0.720. The van der Waals surface area contributed by atoms with E-state index in [1.54, 1.807) is 36.1 Å². The van der Waals surface area contributed by atoms with Gasteiger partial charge in [-0.05, 0) is 55.0 Å². The number of benzene rings is 1. The molecule has 7 nitrogen and oxygen atoms in total. The number of rotatable bonds is 5. The van der Waals surface area contributed by atoms with E-state index in [-0.39, 0.29) is 17.6 Å². The van der Waals surface area contributed by atoms with Gasteiger partial charge in [0, 0.05) is 56.1 Å². The van der Waals surface area contributed by atoms with Crippen LogP contribution in [-0.4, -0.2) is 49.0 Å². The van der Waals surface area contributed by atoms with E-state index in [0.29, 0.717) is 17.4 Å². The second kappa shape index (κ2) is 8.85. The van der Waals surface area contributed by atoms with Gasteiger partial charge in [0.15, 0.2) is 5.82 Å². The SMILES string of the molecule is Cn1cc2cc(-c3cc(C(F)(F)F)c(NC4C[C@@H]5CN(Cc6ccccn6)C[C@H]5C4)nn3)ccc2n1. The standard InChI is InChI=1S/C26H26F3N7/c1-35-12-19-8-16(5-6-23(19)34-35)24-11-22(26(27,28)29)25(33-32-24)31-21-9-17-13-36(14-18(17)10-21)15-20-4-2-3-7-30-20/h2-8,11-12,17-18,21H,9-10,13-15H2,1H3,(H,31,33)/t17-,18-/m1/s1. The zero-order valence-electron chi connectivity index (χ0n) is 19.8.